The second kappa shape index (κ2) is 6.70. The molecule has 0 radical (unpaired) electrons. The van der Waals surface area contributed by atoms with Crippen LogP contribution in [0.5, 0.6) is 5.75 Å². The molecule has 0 saturated carbocycles. The molecule has 54 valence electrons. The second-order valence-electron chi connectivity index (χ2n) is 1.74. The average Bonchev–Trinajstić information content (AvgIpc) is 1.89. The van der Waals surface area contributed by atoms with Gasteiger partial charge in [0.15, 0.2) is 0 Å². The zero-order chi connectivity index (χ0) is 6.69. The molecule has 1 aromatic carbocycles. The van der Waals surface area contributed by atoms with Crippen molar-refractivity contribution in [2.24, 2.45) is 0 Å². The maximum atomic E-state index is 10.8. The topological polar surface area (TPSA) is 23.1 Å². The van der Waals surface area contributed by atoms with Crippen molar-refractivity contribution in [3.8, 4) is 5.75 Å². The van der Waals surface area contributed by atoms with E-state index in [-0.39, 0.29) is 45.8 Å². The molecule has 0 aliphatic rings. The van der Waals surface area contributed by atoms with Gasteiger partial charge in [-0.2, -0.15) is 0 Å². The molecular weight excluding hydrogens is 216 g/mol. The van der Waals surface area contributed by atoms with Crippen LogP contribution in [-0.4, -0.2) is 23.1 Å². The Morgan fingerprint density at radius 1 is 1.27 bits per heavy atom. The molecular formula is C8H7BrMgO. The van der Waals surface area contributed by atoms with E-state index in [1.54, 1.807) is 18.2 Å². The molecule has 0 spiro atoms. The zero-order valence-corrected chi connectivity index (χ0v) is 9.09. The molecule has 0 saturated heterocycles. The summed E-state index contributed by atoms with van der Waals surface area (Å²) in [7, 11) is 0. The van der Waals surface area contributed by atoms with Gasteiger partial charge in [0, 0.05) is 0 Å². The molecule has 3 heteroatoms. The monoisotopic (exact) mass is 222 g/mol. The van der Waals surface area contributed by atoms with Crippen molar-refractivity contribution in [2.75, 3.05) is 0 Å². The Kier molecular flexibility index (Phi) is 8.28. The molecule has 1 nitrogen and oxygen atoms in total. The Morgan fingerprint density at radius 3 is 2.18 bits per heavy atom. The fourth-order valence-corrected chi connectivity index (χ4v) is 0.649. The summed E-state index contributed by atoms with van der Waals surface area (Å²) in [5.74, 6) is 0.0347. The number of benzene rings is 1. The molecule has 1 rings (SSSR count). The first-order valence-electron chi connectivity index (χ1n) is 2.73. The third-order valence-corrected chi connectivity index (χ3v) is 1.14. The van der Waals surface area contributed by atoms with E-state index in [0.29, 0.717) is 5.56 Å². The van der Waals surface area contributed by atoms with Crippen LogP contribution in [0, 0.1) is 0 Å². The summed E-state index contributed by atoms with van der Waals surface area (Å²) in [6.07, 6.45) is 1.56. The molecule has 0 aromatic heterocycles. The average molecular weight is 223 g/mol. The fraction of sp³-hybridized carbons (Fsp3) is 0. The SMILES string of the molecule is C=Cc1ccccc1[O-].[Br-].[Mg+2]. The minimum atomic E-state index is 0. The first-order valence-corrected chi connectivity index (χ1v) is 2.73. The van der Waals surface area contributed by atoms with Gasteiger partial charge < -0.3 is 22.1 Å². The van der Waals surface area contributed by atoms with Crippen LogP contribution in [0.3, 0.4) is 0 Å². The molecule has 11 heavy (non-hydrogen) atoms. The predicted molar refractivity (Wildman–Crippen MR) is 41.7 cm³/mol. The maximum absolute atomic E-state index is 10.8. The molecule has 0 aliphatic carbocycles. The fourth-order valence-electron chi connectivity index (χ4n) is 0.649. The van der Waals surface area contributed by atoms with Crippen LogP contribution in [0.25, 0.3) is 6.08 Å². The van der Waals surface area contributed by atoms with Crippen LogP contribution in [0.4, 0.5) is 0 Å². The van der Waals surface area contributed by atoms with Crippen molar-refractivity contribution < 1.29 is 22.1 Å². The first kappa shape index (κ1) is 13.6. The van der Waals surface area contributed by atoms with Crippen molar-refractivity contribution in [3.63, 3.8) is 0 Å². The third kappa shape index (κ3) is 3.79. The van der Waals surface area contributed by atoms with E-state index in [4.69, 9.17) is 0 Å². The van der Waals surface area contributed by atoms with Gasteiger partial charge in [0.1, 0.15) is 0 Å². The number of halogens is 1. The molecule has 0 bridgehead atoms. The summed E-state index contributed by atoms with van der Waals surface area (Å²) in [5, 5.41) is 10.8. The Bertz CT molecular complexity index is 225. The Labute approximate surface area is 93.0 Å². The first-order chi connectivity index (χ1) is 4.34. The molecule has 0 heterocycles. The van der Waals surface area contributed by atoms with Crippen LogP contribution in [-0.2, 0) is 0 Å². The van der Waals surface area contributed by atoms with Crippen LogP contribution >= 0.6 is 0 Å². The van der Waals surface area contributed by atoms with E-state index in [9.17, 15) is 5.11 Å². The second-order valence-corrected chi connectivity index (χ2v) is 1.74. The van der Waals surface area contributed by atoms with Crippen LogP contribution in [0.2, 0.25) is 0 Å². The van der Waals surface area contributed by atoms with Gasteiger partial charge in [-0.05, 0) is 5.56 Å². The van der Waals surface area contributed by atoms with Gasteiger partial charge in [-0.1, -0.05) is 36.9 Å². The largest absolute Gasteiger partial charge is 2.00 e. The molecule has 0 N–H and O–H groups in total. The standard InChI is InChI=1S/C8H8O.BrH.Mg/c1-2-7-5-3-4-6-8(7)9;;/h2-6,9H,1H2;1H;/q;;+2/p-2. The van der Waals surface area contributed by atoms with Gasteiger partial charge >= 0.3 is 23.1 Å². The minimum Gasteiger partial charge on any atom is -1.00 e. The number of para-hydroxylation sites is 1. The van der Waals surface area contributed by atoms with Crippen molar-refractivity contribution in [1.82, 2.24) is 0 Å². The summed E-state index contributed by atoms with van der Waals surface area (Å²) in [6, 6.07) is 6.81. The Balaban J connectivity index is 0. The van der Waals surface area contributed by atoms with E-state index in [1.165, 1.54) is 6.07 Å². The van der Waals surface area contributed by atoms with Gasteiger partial charge in [0.25, 0.3) is 0 Å². The summed E-state index contributed by atoms with van der Waals surface area (Å²) in [5.41, 5.74) is 0.664. The summed E-state index contributed by atoms with van der Waals surface area (Å²) in [6.45, 7) is 3.49. The molecule has 0 aliphatic heterocycles. The van der Waals surface area contributed by atoms with E-state index < -0.39 is 0 Å². The van der Waals surface area contributed by atoms with Crippen molar-refractivity contribution in [2.45, 2.75) is 0 Å². The maximum Gasteiger partial charge on any atom is 2.00 e. The molecule has 1 aromatic rings. The van der Waals surface area contributed by atoms with Gasteiger partial charge in [-0.25, -0.2) is 0 Å². The van der Waals surface area contributed by atoms with Crippen molar-refractivity contribution in [1.29, 1.82) is 0 Å². The van der Waals surface area contributed by atoms with E-state index in [0.717, 1.165) is 0 Å². The molecule has 0 fully saturated rings. The summed E-state index contributed by atoms with van der Waals surface area (Å²) < 4.78 is 0. The summed E-state index contributed by atoms with van der Waals surface area (Å²) in [4.78, 5) is 0. The van der Waals surface area contributed by atoms with Crippen molar-refractivity contribution in [3.05, 3.63) is 36.4 Å². The van der Waals surface area contributed by atoms with Crippen molar-refractivity contribution >= 4 is 29.1 Å². The van der Waals surface area contributed by atoms with Crippen LogP contribution in [0.15, 0.2) is 30.8 Å². The molecule has 0 amide bonds. The van der Waals surface area contributed by atoms with E-state index >= 15 is 0 Å². The summed E-state index contributed by atoms with van der Waals surface area (Å²) >= 11 is 0. The number of hydrogen-bond donors (Lipinski definition) is 0. The Morgan fingerprint density at radius 2 is 1.82 bits per heavy atom. The zero-order valence-electron chi connectivity index (χ0n) is 6.09. The number of rotatable bonds is 1. The van der Waals surface area contributed by atoms with E-state index in [2.05, 4.69) is 6.58 Å². The van der Waals surface area contributed by atoms with Gasteiger partial charge in [-0.3, -0.25) is 0 Å². The van der Waals surface area contributed by atoms with Gasteiger partial charge in [0.05, 0.1) is 0 Å². The van der Waals surface area contributed by atoms with Gasteiger partial charge in [0.2, 0.25) is 0 Å². The Hall–Kier alpha value is 0.00623. The van der Waals surface area contributed by atoms with Gasteiger partial charge in [-0.15, -0.1) is 5.75 Å². The van der Waals surface area contributed by atoms with Crippen LogP contribution < -0.4 is 22.1 Å². The van der Waals surface area contributed by atoms with E-state index in [1.807, 2.05) is 6.07 Å². The molecule has 0 unspecified atom stereocenters. The predicted octanol–water partition coefficient (Wildman–Crippen LogP) is -1.97. The number of hydrogen-bond acceptors (Lipinski definition) is 1. The van der Waals surface area contributed by atoms with Crippen LogP contribution in [0.1, 0.15) is 5.56 Å². The quantitative estimate of drug-likeness (QED) is 0.506. The smallest absolute Gasteiger partial charge is 1.00 e. The normalized spacial score (nSPS) is 7.27. The molecule has 0 atom stereocenters. The third-order valence-electron chi connectivity index (χ3n) is 1.14. The minimum absolute atomic E-state index is 0.